The van der Waals surface area contributed by atoms with Gasteiger partial charge in [-0.1, -0.05) is 24.3 Å². The third-order valence-electron chi connectivity index (χ3n) is 3.26. The van der Waals surface area contributed by atoms with Gasteiger partial charge in [0, 0.05) is 24.0 Å². The minimum atomic E-state index is -0.103. The van der Waals surface area contributed by atoms with Gasteiger partial charge in [0.1, 0.15) is 0 Å². The van der Waals surface area contributed by atoms with Crippen LogP contribution < -0.4 is 5.73 Å². The van der Waals surface area contributed by atoms with Gasteiger partial charge in [-0.3, -0.25) is 9.97 Å². The summed E-state index contributed by atoms with van der Waals surface area (Å²) in [6.45, 7) is 0. The number of rotatable bonds is 3. The van der Waals surface area contributed by atoms with Gasteiger partial charge in [-0.25, -0.2) is 0 Å². The molecule has 0 saturated heterocycles. The van der Waals surface area contributed by atoms with Crippen LogP contribution in [0.1, 0.15) is 17.3 Å². The fourth-order valence-electron chi connectivity index (χ4n) is 2.31. The molecule has 1 unspecified atom stereocenters. The van der Waals surface area contributed by atoms with Gasteiger partial charge in [0.25, 0.3) is 0 Å². The largest absolute Gasteiger partial charge is 0.322 e. The van der Waals surface area contributed by atoms with Crippen molar-refractivity contribution in [1.29, 1.82) is 0 Å². The van der Waals surface area contributed by atoms with Crippen LogP contribution in [0.2, 0.25) is 0 Å². The van der Waals surface area contributed by atoms with Crippen molar-refractivity contribution in [2.45, 2.75) is 12.5 Å². The molecule has 3 aromatic rings. The molecule has 3 nitrogen and oxygen atoms in total. The Balaban J connectivity index is 1.96. The van der Waals surface area contributed by atoms with Crippen LogP contribution in [0, 0.1) is 0 Å². The zero-order valence-electron chi connectivity index (χ0n) is 10.5. The van der Waals surface area contributed by atoms with Crippen molar-refractivity contribution in [2.75, 3.05) is 0 Å². The van der Waals surface area contributed by atoms with E-state index in [9.17, 15) is 0 Å². The summed E-state index contributed by atoms with van der Waals surface area (Å²) in [5.41, 5.74) is 8.44. The zero-order chi connectivity index (χ0) is 13.1. The van der Waals surface area contributed by atoms with E-state index in [1.807, 2.05) is 36.5 Å². The molecule has 0 saturated carbocycles. The average molecular weight is 249 g/mol. The molecule has 0 radical (unpaired) electrons. The predicted molar refractivity (Wildman–Crippen MR) is 76.6 cm³/mol. The minimum Gasteiger partial charge on any atom is -0.322 e. The normalized spacial score (nSPS) is 12.5. The summed E-state index contributed by atoms with van der Waals surface area (Å²) in [6.07, 6.45) is 6.17. The first-order chi connectivity index (χ1) is 9.34. The van der Waals surface area contributed by atoms with E-state index >= 15 is 0 Å². The van der Waals surface area contributed by atoms with Crippen molar-refractivity contribution in [3.63, 3.8) is 0 Å². The number of pyridine rings is 2. The smallest absolute Gasteiger partial charge is 0.0652 e. The molecule has 0 aliphatic rings. The second-order valence-electron chi connectivity index (χ2n) is 4.58. The van der Waals surface area contributed by atoms with E-state index in [-0.39, 0.29) is 6.04 Å². The first-order valence-electron chi connectivity index (χ1n) is 6.33. The Labute approximate surface area is 112 Å². The second-order valence-corrected chi connectivity index (χ2v) is 4.58. The van der Waals surface area contributed by atoms with Crippen molar-refractivity contribution in [2.24, 2.45) is 5.73 Å². The molecule has 3 heteroatoms. The lowest BCUT2D eigenvalue weighted by Crippen LogP contribution is -2.15. The maximum absolute atomic E-state index is 6.31. The van der Waals surface area contributed by atoms with Crippen LogP contribution >= 0.6 is 0 Å². The van der Waals surface area contributed by atoms with Crippen LogP contribution in [-0.2, 0) is 6.42 Å². The number of benzene rings is 1. The van der Waals surface area contributed by atoms with E-state index in [4.69, 9.17) is 5.73 Å². The molecule has 0 bridgehead atoms. The molecule has 19 heavy (non-hydrogen) atoms. The molecule has 94 valence electrons. The third-order valence-corrected chi connectivity index (χ3v) is 3.26. The standard InChI is InChI=1S/C16H15N3/c17-15(11-12-5-8-18-9-6-12)16-14-4-2-1-3-13(14)7-10-19-16/h1-10,15H,11,17H2. The Morgan fingerprint density at radius 1 is 0.947 bits per heavy atom. The Morgan fingerprint density at radius 3 is 2.58 bits per heavy atom. The van der Waals surface area contributed by atoms with E-state index < -0.39 is 0 Å². The summed E-state index contributed by atoms with van der Waals surface area (Å²) in [6, 6.07) is 14.1. The fraction of sp³-hybridized carbons (Fsp3) is 0.125. The van der Waals surface area contributed by atoms with Crippen LogP contribution in [0.15, 0.2) is 61.1 Å². The summed E-state index contributed by atoms with van der Waals surface area (Å²) in [7, 11) is 0. The quantitative estimate of drug-likeness (QED) is 0.776. The molecule has 0 aliphatic carbocycles. The highest BCUT2D eigenvalue weighted by Crippen LogP contribution is 2.22. The molecule has 0 aliphatic heterocycles. The topological polar surface area (TPSA) is 51.8 Å². The molecule has 0 spiro atoms. The summed E-state index contributed by atoms with van der Waals surface area (Å²) in [5.74, 6) is 0. The molecule has 0 fully saturated rings. The number of hydrogen-bond acceptors (Lipinski definition) is 3. The Bertz CT molecular complexity index is 674. The maximum atomic E-state index is 6.31. The van der Waals surface area contributed by atoms with E-state index in [0.717, 1.165) is 17.5 Å². The zero-order valence-corrected chi connectivity index (χ0v) is 10.5. The predicted octanol–water partition coefficient (Wildman–Crippen LogP) is 2.87. The molecule has 1 atom stereocenters. The monoisotopic (exact) mass is 249 g/mol. The Hall–Kier alpha value is -2.26. The van der Waals surface area contributed by atoms with E-state index in [1.54, 1.807) is 12.4 Å². The van der Waals surface area contributed by atoms with Gasteiger partial charge in [-0.05, 0) is 35.6 Å². The summed E-state index contributed by atoms with van der Waals surface area (Å²) >= 11 is 0. The van der Waals surface area contributed by atoms with Crippen LogP contribution in [-0.4, -0.2) is 9.97 Å². The van der Waals surface area contributed by atoms with Crippen LogP contribution in [0.5, 0.6) is 0 Å². The molecule has 0 amide bonds. The SMILES string of the molecule is NC(Cc1ccncc1)c1nccc2ccccc12. The first kappa shape index (κ1) is 11.8. The van der Waals surface area contributed by atoms with Gasteiger partial charge in [-0.15, -0.1) is 0 Å². The lowest BCUT2D eigenvalue weighted by Gasteiger charge is -2.13. The van der Waals surface area contributed by atoms with Crippen LogP contribution in [0.3, 0.4) is 0 Å². The highest BCUT2D eigenvalue weighted by Gasteiger charge is 2.11. The number of nitrogens with two attached hydrogens (primary N) is 1. The number of hydrogen-bond donors (Lipinski definition) is 1. The molecule has 3 rings (SSSR count). The van der Waals surface area contributed by atoms with Gasteiger partial charge in [0.15, 0.2) is 0 Å². The van der Waals surface area contributed by atoms with Crippen molar-refractivity contribution in [1.82, 2.24) is 9.97 Å². The molecule has 2 aromatic heterocycles. The summed E-state index contributed by atoms with van der Waals surface area (Å²) < 4.78 is 0. The molecular weight excluding hydrogens is 234 g/mol. The minimum absolute atomic E-state index is 0.103. The number of fused-ring (bicyclic) bond motifs is 1. The van der Waals surface area contributed by atoms with Gasteiger partial charge in [0.2, 0.25) is 0 Å². The van der Waals surface area contributed by atoms with Crippen LogP contribution in [0.25, 0.3) is 10.8 Å². The van der Waals surface area contributed by atoms with Gasteiger partial charge < -0.3 is 5.73 Å². The van der Waals surface area contributed by atoms with E-state index in [0.29, 0.717) is 0 Å². The summed E-state index contributed by atoms with van der Waals surface area (Å²) in [5, 5.41) is 2.31. The molecule has 2 heterocycles. The highest BCUT2D eigenvalue weighted by atomic mass is 14.8. The lowest BCUT2D eigenvalue weighted by molar-refractivity contribution is 0.703. The number of aromatic nitrogens is 2. The molecular formula is C16H15N3. The van der Waals surface area contributed by atoms with Crippen molar-refractivity contribution >= 4 is 10.8 Å². The summed E-state index contributed by atoms with van der Waals surface area (Å²) in [4.78, 5) is 8.48. The van der Waals surface area contributed by atoms with Crippen molar-refractivity contribution in [3.05, 3.63) is 72.3 Å². The van der Waals surface area contributed by atoms with Gasteiger partial charge in [0.05, 0.1) is 11.7 Å². The first-order valence-corrected chi connectivity index (χ1v) is 6.33. The lowest BCUT2D eigenvalue weighted by atomic mass is 10.00. The molecule has 1 aromatic carbocycles. The third kappa shape index (κ3) is 2.46. The van der Waals surface area contributed by atoms with Crippen molar-refractivity contribution in [3.8, 4) is 0 Å². The Morgan fingerprint density at radius 2 is 1.74 bits per heavy atom. The number of nitrogens with zero attached hydrogens (tertiary/aromatic N) is 2. The Kier molecular flexibility index (Phi) is 3.21. The molecule has 2 N–H and O–H groups in total. The highest BCUT2D eigenvalue weighted by molar-refractivity contribution is 5.84. The fourth-order valence-corrected chi connectivity index (χ4v) is 2.31. The van der Waals surface area contributed by atoms with Gasteiger partial charge in [-0.2, -0.15) is 0 Å². The maximum Gasteiger partial charge on any atom is 0.0652 e. The van der Waals surface area contributed by atoms with E-state index in [2.05, 4.69) is 22.1 Å². The van der Waals surface area contributed by atoms with E-state index in [1.165, 1.54) is 10.9 Å². The van der Waals surface area contributed by atoms with Crippen LogP contribution in [0.4, 0.5) is 0 Å². The average Bonchev–Trinajstić information content (AvgIpc) is 2.47. The second kappa shape index (κ2) is 5.16. The van der Waals surface area contributed by atoms with Gasteiger partial charge >= 0.3 is 0 Å². The van der Waals surface area contributed by atoms with Crippen molar-refractivity contribution < 1.29 is 0 Å².